The van der Waals surface area contributed by atoms with E-state index in [1.807, 2.05) is 0 Å². The Balaban J connectivity index is 2.20. The van der Waals surface area contributed by atoms with Crippen LogP contribution < -0.4 is 15.0 Å². The Labute approximate surface area is 116 Å². The molecule has 0 bridgehead atoms. The van der Waals surface area contributed by atoms with Crippen LogP contribution in [0.2, 0.25) is 0 Å². The van der Waals surface area contributed by atoms with E-state index in [0.717, 1.165) is 0 Å². The van der Waals surface area contributed by atoms with Gasteiger partial charge in [-0.1, -0.05) is 18.2 Å². The van der Waals surface area contributed by atoms with Crippen LogP contribution in [0, 0.1) is 0 Å². The van der Waals surface area contributed by atoms with Crippen LogP contribution in [-0.2, 0) is 9.59 Å². The first-order valence-corrected chi connectivity index (χ1v) is 6.24. The lowest BCUT2D eigenvalue weighted by Gasteiger charge is -2.33. The van der Waals surface area contributed by atoms with E-state index in [-0.39, 0.29) is 19.0 Å². The summed E-state index contributed by atoms with van der Waals surface area (Å²) >= 11 is 0. The second kappa shape index (κ2) is 6.21. The second-order valence-electron chi connectivity index (χ2n) is 4.34. The molecular formula is C14H16N2O4. The van der Waals surface area contributed by atoms with Crippen molar-refractivity contribution in [3.8, 4) is 5.75 Å². The average molecular weight is 276 g/mol. The van der Waals surface area contributed by atoms with Gasteiger partial charge in [0.1, 0.15) is 5.75 Å². The predicted molar refractivity (Wildman–Crippen MR) is 73.9 cm³/mol. The summed E-state index contributed by atoms with van der Waals surface area (Å²) in [7, 11) is 0. The van der Waals surface area contributed by atoms with Crippen molar-refractivity contribution in [1.29, 1.82) is 0 Å². The summed E-state index contributed by atoms with van der Waals surface area (Å²) in [6, 6.07) is 6.91. The maximum absolute atomic E-state index is 12.2. The lowest BCUT2D eigenvalue weighted by atomic mass is 10.2. The molecule has 106 valence electrons. The zero-order valence-electron chi connectivity index (χ0n) is 10.9. The highest BCUT2D eigenvalue weighted by atomic mass is 16.5. The summed E-state index contributed by atoms with van der Waals surface area (Å²) in [5.41, 5.74) is 0.593. The number of amides is 1. The normalized spacial score (nSPS) is 17.0. The van der Waals surface area contributed by atoms with Crippen molar-refractivity contribution < 1.29 is 19.4 Å². The number of carbonyl (C=O) groups is 2. The summed E-state index contributed by atoms with van der Waals surface area (Å²) < 4.78 is 5.37. The molecule has 1 heterocycles. The largest absolute Gasteiger partial charge is 0.478 e. The van der Waals surface area contributed by atoms with E-state index in [9.17, 15) is 9.59 Å². The van der Waals surface area contributed by atoms with Crippen molar-refractivity contribution >= 4 is 17.6 Å². The molecule has 1 aromatic carbocycles. The van der Waals surface area contributed by atoms with Crippen molar-refractivity contribution in [2.45, 2.75) is 6.10 Å². The van der Waals surface area contributed by atoms with Crippen LogP contribution in [0.4, 0.5) is 5.69 Å². The van der Waals surface area contributed by atoms with Crippen LogP contribution in [0.5, 0.6) is 5.75 Å². The first-order chi connectivity index (χ1) is 9.63. The first kappa shape index (κ1) is 14.1. The molecule has 0 saturated carbocycles. The molecule has 0 fully saturated rings. The third-order valence-electron chi connectivity index (χ3n) is 2.92. The van der Waals surface area contributed by atoms with Crippen molar-refractivity contribution in [2.24, 2.45) is 0 Å². The van der Waals surface area contributed by atoms with E-state index >= 15 is 0 Å². The Hall–Kier alpha value is -2.34. The van der Waals surface area contributed by atoms with Crippen molar-refractivity contribution in [2.75, 3.05) is 24.5 Å². The molecule has 2 rings (SSSR count). The zero-order valence-corrected chi connectivity index (χ0v) is 10.9. The minimum atomic E-state index is -1.09. The number of benzene rings is 1. The Bertz CT molecular complexity index is 530. The Morgan fingerprint density at radius 3 is 2.95 bits per heavy atom. The Kier molecular flexibility index (Phi) is 4.37. The highest BCUT2D eigenvalue weighted by molar-refractivity contribution is 5.97. The summed E-state index contributed by atoms with van der Waals surface area (Å²) in [5.74, 6) is -0.881. The van der Waals surface area contributed by atoms with Gasteiger partial charge < -0.3 is 20.1 Å². The van der Waals surface area contributed by atoms with Crippen LogP contribution >= 0.6 is 0 Å². The number of carboxylic acids is 1. The summed E-state index contributed by atoms with van der Waals surface area (Å²) in [5, 5.41) is 12.0. The van der Waals surface area contributed by atoms with Gasteiger partial charge in [0, 0.05) is 6.54 Å². The van der Waals surface area contributed by atoms with E-state index in [2.05, 4.69) is 11.9 Å². The van der Waals surface area contributed by atoms with Crippen molar-refractivity contribution in [3.05, 3.63) is 36.9 Å². The van der Waals surface area contributed by atoms with Gasteiger partial charge >= 0.3 is 5.97 Å². The number of para-hydroxylation sites is 2. The number of anilines is 1. The maximum Gasteiger partial charge on any atom is 0.346 e. The lowest BCUT2D eigenvalue weighted by Crippen LogP contribution is -2.49. The van der Waals surface area contributed by atoms with Gasteiger partial charge in [0.15, 0.2) is 0 Å². The molecule has 1 unspecified atom stereocenters. The molecule has 1 aromatic rings. The number of hydrogen-bond donors (Lipinski definition) is 2. The zero-order chi connectivity index (χ0) is 14.5. The van der Waals surface area contributed by atoms with Gasteiger partial charge in [-0.3, -0.25) is 4.79 Å². The van der Waals surface area contributed by atoms with Gasteiger partial charge in [0.2, 0.25) is 12.0 Å². The van der Waals surface area contributed by atoms with Gasteiger partial charge in [-0.05, 0) is 12.1 Å². The highest BCUT2D eigenvalue weighted by Crippen LogP contribution is 2.33. The van der Waals surface area contributed by atoms with E-state index in [1.165, 1.54) is 4.90 Å². The third kappa shape index (κ3) is 2.97. The quantitative estimate of drug-likeness (QED) is 0.609. The number of carboxylic acid groups (broad SMARTS) is 1. The molecule has 2 N–H and O–H groups in total. The summed E-state index contributed by atoms with van der Waals surface area (Å²) in [6.07, 6.45) is 0.605. The number of nitrogens with zero attached hydrogens (tertiary/aromatic N) is 1. The topological polar surface area (TPSA) is 78.9 Å². The molecule has 6 heteroatoms. The number of ether oxygens (including phenoxy) is 1. The van der Waals surface area contributed by atoms with Gasteiger partial charge in [-0.25, -0.2) is 4.79 Å². The van der Waals surface area contributed by atoms with Crippen LogP contribution in [0.25, 0.3) is 0 Å². The molecule has 6 nitrogen and oxygen atoms in total. The molecule has 0 spiro atoms. The Morgan fingerprint density at radius 1 is 1.50 bits per heavy atom. The minimum Gasteiger partial charge on any atom is -0.478 e. The van der Waals surface area contributed by atoms with Crippen LogP contribution in [-0.4, -0.2) is 42.7 Å². The molecule has 20 heavy (non-hydrogen) atoms. The molecular weight excluding hydrogens is 260 g/mol. The second-order valence-corrected chi connectivity index (χ2v) is 4.34. The summed E-state index contributed by atoms with van der Waals surface area (Å²) in [6.45, 7) is 4.19. The first-order valence-electron chi connectivity index (χ1n) is 6.24. The van der Waals surface area contributed by atoms with Crippen molar-refractivity contribution in [1.82, 2.24) is 5.32 Å². The molecule has 0 saturated heterocycles. The molecule has 1 atom stereocenters. The number of nitrogens with one attached hydrogen (secondary N) is 1. The molecule has 1 amide bonds. The van der Waals surface area contributed by atoms with Crippen LogP contribution in [0.3, 0.4) is 0 Å². The lowest BCUT2D eigenvalue weighted by molar-refractivity contribution is -0.145. The number of rotatable bonds is 5. The smallest absolute Gasteiger partial charge is 0.346 e. The fraction of sp³-hybridized carbons (Fsp3) is 0.286. The number of fused-ring (bicyclic) bond motifs is 1. The van der Waals surface area contributed by atoms with Crippen LogP contribution in [0.15, 0.2) is 36.9 Å². The van der Waals surface area contributed by atoms with E-state index in [4.69, 9.17) is 9.84 Å². The predicted octanol–water partition coefficient (Wildman–Crippen LogP) is 0.641. The fourth-order valence-corrected chi connectivity index (χ4v) is 1.98. The number of aliphatic carboxylic acids is 1. The third-order valence-corrected chi connectivity index (χ3v) is 2.92. The molecule has 0 aromatic heterocycles. The van der Waals surface area contributed by atoms with E-state index in [0.29, 0.717) is 18.0 Å². The fourth-order valence-electron chi connectivity index (χ4n) is 1.98. The average Bonchev–Trinajstić information content (AvgIpc) is 2.46. The molecule has 0 aliphatic carbocycles. The summed E-state index contributed by atoms with van der Waals surface area (Å²) in [4.78, 5) is 24.7. The van der Waals surface area contributed by atoms with E-state index < -0.39 is 12.1 Å². The number of hydrogen-bond acceptors (Lipinski definition) is 4. The van der Waals surface area contributed by atoms with Crippen LogP contribution in [0.1, 0.15) is 0 Å². The van der Waals surface area contributed by atoms with Crippen molar-refractivity contribution in [3.63, 3.8) is 0 Å². The van der Waals surface area contributed by atoms with Gasteiger partial charge in [0.25, 0.3) is 0 Å². The Morgan fingerprint density at radius 2 is 2.25 bits per heavy atom. The number of carbonyl (C=O) groups excluding carboxylic acids is 1. The van der Waals surface area contributed by atoms with Gasteiger partial charge in [-0.2, -0.15) is 0 Å². The molecule has 1 aliphatic heterocycles. The highest BCUT2D eigenvalue weighted by Gasteiger charge is 2.33. The monoisotopic (exact) mass is 276 g/mol. The molecule has 0 radical (unpaired) electrons. The molecule has 1 aliphatic rings. The van der Waals surface area contributed by atoms with Gasteiger partial charge in [-0.15, -0.1) is 6.58 Å². The maximum atomic E-state index is 12.2. The van der Waals surface area contributed by atoms with E-state index in [1.54, 1.807) is 30.3 Å². The standard InChI is InChI=1S/C14H16N2O4/c1-2-7-15-8-13(17)16-9-12(14(18)19)20-11-6-4-3-5-10(11)16/h2-6,12,15H,1,7-9H2,(H,18,19). The minimum absolute atomic E-state index is 0.000942. The SMILES string of the molecule is C=CCNCC(=O)N1CC(C(=O)O)Oc2ccccc21. The van der Waals surface area contributed by atoms with Gasteiger partial charge in [0.05, 0.1) is 18.8 Å².